The fourth-order valence-electron chi connectivity index (χ4n) is 3.58. The van der Waals surface area contributed by atoms with Crippen LogP contribution in [0, 0.1) is 5.95 Å². The van der Waals surface area contributed by atoms with E-state index in [1.165, 1.54) is 23.6 Å². The van der Waals surface area contributed by atoms with Crippen LogP contribution in [-0.2, 0) is 11.3 Å². The summed E-state index contributed by atoms with van der Waals surface area (Å²) in [6.45, 7) is 4.62. The predicted molar refractivity (Wildman–Crippen MR) is 111 cm³/mol. The van der Waals surface area contributed by atoms with Crippen molar-refractivity contribution in [1.29, 1.82) is 0 Å². The lowest BCUT2D eigenvalue weighted by atomic mass is 9.84. The quantitative estimate of drug-likeness (QED) is 0.380. The van der Waals surface area contributed by atoms with Crippen molar-refractivity contribution < 1.29 is 9.18 Å². The Morgan fingerprint density at radius 2 is 2.07 bits per heavy atom. The molecule has 3 aromatic rings. The van der Waals surface area contributed by atoms with E-state index in [2.05, 4.69) is 11.6 Å². The van der Waals surface area contributed by atoms with Crippen molar-refractivity contribution in [2.45, 2.75) is 12.5 Å². The molecular weight excluding hydrogens is 418 g/mol. The Morgan fingerprint density at radius 3 is 2.82 bits per heavy atom. The third kappa shape index (κ3) is 3.46. The first-order valence-electron chi connectivity index (χ1n) is 8.57. The Balaban J connectivity index is 1.85. The van der Waals surface area contributed by atoms with Crippen LogP contribution in [0.25, 0.3) is 11.1 Å². The number of fused-ring (bicyclic) bond motifs is 1. The van der Waals surface area contributed by atoms with Gasteiger partial charge in [0.15, 0.2) is 0 Å². The van der Waals surface area contributed by atoms with Crippen LogP contribution < -0.4 is 0 Å². The van der Waals surface area contributed by atoms with Gasteiger partial charge in [0.2, 0.25) is 11.9 Å². The van der Waals surface area contributed by atoms with Gasteiger partial charge in [-0.3, -0.25) is 4.79 Å². The van der Waals surface area contributed by atoms with E-state index in [0.29, 0.717) is 17.4 Å². The SMILES string of the molecule is C=CC(=O)N1Cc2sc(Cl)cc2[C@H](c2ccccc2-c2cnc(F)c(Cl)c2)C1. The minimum absolute atomic E-state index is 0.0290. The van der Waals surface area contributed by atoms with Crippen molar-refractivity contribution in [3.8, 4) is 11.1 Å². The molecule has 1 aliphatic rings. The molecule has 0 saturated heterocycles. The lowest BCUT2D eigenvalue weighted by molar-refractivity contribution is -0.127. The van der Waals surface area contributed by atoms with Crippen LogP contribution in [0.1, 0.15) is 21.9 Å². The highest BCUT2D eigenvalue weighted by molar-refractivity contribution is 7.16. The molecule has 3 nitrogen and oxygen atoms in total. The van der Waals surface area contributed by atoms with Crippen LogP contribution in [-0.4, -0.2) is 22.3 Å². The molecule has 3 heterocycles. The predicted octanol–water partition coefficient (Wildman–Crippen LogP) is 5.92. The van der Waals surface area contributed by atoms with Gasteiger partial charge in [0.1, 0.15) is 0 Å². The second kappa shape index (κ2) is 7.66. The smallest absolute Gasteiger partial charge is 0.246 e. The Bertz CT molecular complexity index is 1080. The zero-order valence-electron chi connectivity index (χ0n) is 14.7. The molecule has 0 spiro atoms. The van der Waals surface area contributed by atoms with Crippen LogP contribution in [0.5, 0.6) is 0 Å². The van der Waals surface area contributed by atoms with E-state index in [-0.39, 0.29) is 16.8 Å². The molecule has 2 aromatic heterocycles. The molecule has 7 heteroatoms. The van der Waals surface area contributed by atoms with Crippen molar-refractivity contribution >= 4 is 40.4 Å². The number of pyridine rings is 1. The first kappa shape index (κ1) is 19.1. The summed E-state index contributed by atoms with van der Waals surface area (Å²) in [6.07, 6.45) is 2.80. The van der Waals surface area contributed by atoms with Gasteiger partial charge in [-0.1, -0.05) is 54.0 Å². The van der Waals surface area contributed by atoms with Gasteiger partial charge in [-0.05, 0) is 34.9 Å². The number of rotatable bonds is 3. The number of carbonyl (C=O) groups excluding carboxylic acids is 1. The topological polar surface area (TPSA) is 33.2 Å². The number of thiophene rings is 1. The summed E-state index contributed by atoms with van der Waals surface area (Å²) in [5, 5.41) is -0.0290. The Labute approximate surface area is 176 Å². The van der Waals surface area contributed by atoms with E-state index >= 15 is 0 Å². The average Bonchev–Trinajstić information content (AvgIpc) is 3.08. The van der Waals surface area contributed by atoms with Crippen LogP contribution >= 0.6 is 34.5 Å². The molecule has 0 aliphatic carbocycles. The number of amides is 1. The molecule has 0 fully saturated rings. The Kier molecular flexibility index (Phi) is 5.23. The number of aromatic nitrogens is 1. The number of hydrogen-bond acceptors (Lipinski definition) is 3. The van der Waals surface area contributed by atoms with Crippen molar-refractivity contribution in [3.05, 3.63) is 86.6 Å². The molecule has 1 aromatic carbocycles. The van der Waals surface area contributed by atoms with Crippen molar-refractivity contribution in [3.63, 3.8) is 0 Å². The van der Waals surface area contributed by atoms with E-state index in [1.54, 1.807) is 11.0 Å². The maximum Gasteiger partial charge on any atom is 0.246 e. The number of carbonyl (C=O) groups is 1. The molecule has 4 rings (SSSR count). The maximum atomic E-state index is 13.5. The highest BCUT2D eigenvalue weighted by Gasteiger charge is 2.31. The summed E-state index contributed by atoms with van der Waals surface area (Å²) in [5.41, 5.74) is 3.72. The fraction of sp³-hybridized carbons (Fsp3) is 0.143. The van der Waals surface area contributed by atoms with Crippen LogP contribution in [0.15, 0.2) is 55.3 Å². The monoisotopic (exact) mass is 432 g/mol. The maximum absolute atomic E-state index is 13.5. The Hall–Kier alpha value is -2.21. The molecule has 142 valence electrons. The van der Waals surface area contributed by atoms with E-state index in [1.807, 2.05) is 30.3 Å². The lowest BCUT2D eigenvalue weighted by Gasteiger charge is -2.33. The van der Waals surface area contributed by atoms with Crippen LogP contribution in [0.3, 0.4) is 0 Å². The standard InChI is InChI=1S/C21H15Cl2FN2OS/c1-2-20(27)26-10-16(15-8-19(23)28-18(15)11-26)14-6-4-3-5-13(14)12-7-17(22)21(24)25-9-12/h2-9,16H,1,10-11H2/t16-/m0/s1. The highest BCUT2D eigenvalue weighted by Crippen LogP contribution is 2.43. The lowest BCUT2D eigenvalue weighted by Crippen LogP contribution is -2.37. The number of hydrogen-bond donors (Lipinski definition) is 0. The summed E-state index contributed by atoms with van der Waals surface area (Å²) in [5.74, 6) is -0.893. The molecule has 1 aliphatic heterocycles. The third-order valence-electron chi connectivity index (χ3n) is 4.85. The van der Waals surface area contributed by atoms with Gasteiger partial charge in [-0.15, -0.1) is 11.3 Å². The van der Waals surface area contributed by atoms with Crippen molar-refractivity contribution in [2.24, 2.45) is 0 Å². The minimum Gasteiger partial charge on any atom is -0.333 e. The Morgan fingerprint density at radius 1 is 1.29 bits per heavy atom. The first-order chi connectivity index (χ1) is 13.5. The molecule has 0 bridgehead atoms. The van der Waals surface area contributed by atoms with Crippen LogP contribution in [0.2, 0.25) is 9.36 Å². The van der Waals surface area contributed by atoms with Gasteiger partial charge >= 0.3 is 0 Å². The summed E-state index contributed by atoms with van der Waals surface area (Å²) in [4.78, 5) is 18.9. The van der Waals surface area contributed by atoms with E-state index in [9.17, 15) is 9.18 Å². The molecule has 1 amide bonds. The molecule has 0 unspecified atom stereocenters. The highest BCUT2D eigenvalue weighted by atomic mass is 35.5. The molecule has 0 saturated carbocycles. The van der Waals surface area contributed by atoms with E-state index in [4.69, 9.17) is 23.2 Å². The zero-order chi connectivity index (χ0) is 19.8. The van der Waals surface area contributed by atoms with E-state index < -0.39 is 5.95 Å². The minimum atomic E-state index is -0.699. The van der Waals surface area contributed by atoms with Gasteiger partial charge in [0.25, 0.3) is 0 Å². The summed E-state index contributed by atoms with van der Waals surface area (Å²) in [6, 6.07) is 11.3. The molecule has 1 atom stereocenters. The van der Waals surface area contributed by atoms with Gasteiger partial charge in [0, 0.05) is 29.1 Å². The second-order valence-corrected chi connectivity index (χ2v) is 8.66. The second-order valence-electron chi connectivity index (χ2n) is 6.49. The summed E-state index contributed by atoms with van der Waals surface area (Å²) in [7, 11) is 0. The van der Waals surface area contributed by atoms with Crippen LogP contribution in [0.4, 0.5) is 4.39 Å². The van der Waals surface area contributed by atoms with Gasteiger partial charge in [-0.25, -0.2) is 4.98 Å². The van der Waals surface area contributed by atoms with E-state index in [0.717, 1.165) is 27.1 Å². The van der Waals surface area contributed by atoms with Crippen molar-refractivity contribution in [1.82, 2.24) is 9.88 Å². The van der Waals surface area contributed by atoms with Gasteiger partial charge in [-0.2, -0.15) is 4.39 Å². The molecule has 0 radical (unpaired) electrons. The molecule has 0 N–H and O–H groups in total. The van der Waals surface area contributed by atoms with Gasteiger partial charge < -0.3 is 4.90 Å². The number of benzene rings is 1. The third-order valence-corrected chi connectivity index (χ3v) is 6.38. The fourth-order valence-corrected chi connectivity index (χ4v) is 5.10. The van der Waals surface area contributed by atoms with Crippen molar-refractivity contribution in [2.75, 3.05) is 6.54 Å². The molecular formula is C21H15Cl2FN2OS. The normalized spacial score (nSPS) is 16.0. The molecule has 28 heavy (non-hydrogen) atoms. The summed E-state index contributed by atoms with van der Waals surface area (Å²) < 4.78 is 14.2. The number of halogens is 3. The number of nitrogens with zero attached hydrogens (tertiary/aromatic N) is 2. The summed E-state index contributed by atoms with van der Waals surface area (Å²) >= 11 is 13.7. The zero-order valence-corrected chi connectivity index (χ0v) is 17.0. The largest absolute Gasteiger partial charge is 0.333 e. The average molecular weight is 433 g/mol. The first-order valence-corrected chi connectivity index (χ1v) is 10.1. The van der Waals surface area contributed by atoms with Gasteiger partial charge in [0.05, 0.1) is 15.9 Å².